The van der Waals surface area contributed by atoms with E-state index in [0.717, 1.165) is 18.4 Å². The molecule has 1 rings (SSSR count). The summed E-state index contributed by atoms with van der Waals surface area (Å²) >= 11 is 0. The Bertz CT molecular complexity index is 840. The number of rotatable bonds is 20. The number of carbonyl (C=O) groups excluding carboxylic acids is 3. The van der Waals surface area contributed by atoms with Gasteiger partial charge in [-0.2, -0.15) is 0 Å². The first-order valence-corrected chi connectivity index (χ1v) is 12.9. The van der Waals surface area contributed by atoms with Crippen LogP contribution in [0.5, 0.6) is 0 Å². The molecule has 0 aromatic heterocycles. The fraction of sp³-hybridized carbons (Fsp3) is 0.552. The molecule has 1 aromatic carbocycles. The van der Waals surface area contributed by atoms with Crippen molar-refractivity contribution in [3.05, 3.63) is 61.2 Å². The Hall–Kier alpha value is -2.97. The van der Waals surface area contributed by atoms with Gasteiger partial charge in [0.1, 0.15) is 6.61 Å². The number of carbonyl (C=O) groups is 3. The SMILES string of the molecule is C=CCCCC(Cc1ccccc1)C(=O)OCC(C)(C)NC(=O)C(CC=C)CC(=O)NCCOCCO. The van der Waals surface area contributed by atoms with Crippen LogP contribution in [0.2, 0.25) is 0 Å². The first kappa shape index (κ1) is 32.1. The third kappa shape index (κ3) is 14.4. The minimum atomic E-state index is -0.820. The van der Waals surface area contributed by atoms with Crippen molar-refractivity contribution in [3.8, 4) is 0 Å². The van der Waals surface area contributed by atoms with Crippen LogP contribution in [0.15, 0.2) is 55.6 Å². The Kier molecular flexibility index (Phi) is 15.9. The minimum Gasteiger partial charge on any atom is -0.463 e. The summed E-state index contributed by atoms with van der Waals surface area (Å²) in [6, 6.07) is 9.83. The average molecular weight is 517 g/mol. The maximum absolute atomic E-state index is 13.0. The quantitative estimate of drug-likeness (QED) is 0.139. The fourth-order valence-corrected chi connectivity index (χ4v) is 3.76. The van der Waals surface area contributed by atoms with Gasteiger partial charge in [-0.15, -0.1) is 13.2 Å². The Balaban J connectivity index is 2.65. The van der Waals surface area contributed by atoms with Gasteiger partial charge in [-0.25, -0.2) is 0 Å². The molecule has 1 aromatic rings. The number of aliphatic hydroxyl groups is 1. The molecule has 2 unspecified atom stereocenters. The lowest BCUT2D eigenvalue weighted by atomic mass is 9.94. The van der Waals surface area contributed by atoms with E-state index in [9.17, 15) is 14.4 Å². The highest BCUT2D eigenvalue weighted by atomic mass is 16.5. The van der Waals surface area contributed by atoms with E-state index >= 15 is 0 Å². The number of hydrogen-bond donors (Lipinski definition) is 3. The fourth-order valence-electron chi connectivity index (χ4n) is 3.76. The van der Waals surface area contributed by atoms with E-state index in [4.69, 9.17) is 14.6 Å². The van der Waals surface area contributed by atoms with Crippen molar-refractivity contribution in [2.24, 2.45) is 11.8 Å². The smallest absolute Gasteiger partial charge is 0.309 e. The highest BCUT2D eigenvalue weighted by Crippen LogP contribution is 2.19. The lowest BCUT2D eigenvalue weighted by Crippen LogP contribution is -2.50. The molecule has 8 nitrogen and oxygen atoms in total. The third-order valence-electron chi connectivity index (χ3n) is 5.71. The van der Waals surface area contributed by atoms with Crippen molar-refractivity contribution >= 4 is 17.8 Å². The molecular formula is C29H44N2O6. The molecule has 0 aliphatic carbocycles. The molecule has 0 saturated heterocycles. The van der Waals surface area contributed by atoms with Crippen LogP contribution < -0.4 is 10.6 Å². The standard InChI is InChI=1S/C29H44N2O6/c1-5-7-9-15-25(20-23-13-10-8-11-14-23)28(35)37-22-29(3,4)31-27(34)24(12-6-2)21-26(33)30-16-18-36-19-17-32/h5-6,8,10-11,13-14,24-25,32H,1-2,7,9,12,15-22H2,3-4H3,(H,30,33)(H,31,34). The van der Waals surface area contributed by atoms with E-state index in [1.165, 1.54) is 0 Å². The van der Waals surface area contributed by atoms with Crippen molar-refractivity contribution in [2.45, 2.75) is 57.9 Å². The second kappa shape index (κ2) is 18.3. The molecule has 37 heavy (non-hydrogen) atoms. The van der Waals surface area contributed by atoms with E-state index < -0.39 is 11.5 Å². The van der Waals surface area contributed by atoms with Gasteiger partial charge < -0.3 is 25.2 Å². The Labute approximate surface area is 221 Å². The highest BCUT2D eigenvalue weighted by molar-refractivity contribution is 5.86. The summed E-state index contributed by atoms with van der Waals surface area (Å²) in [5.74, 6) is -1.76. The summed E-state index contributed by atoms with van der Waals surface area (Å²) in [4.78, 5) is 38.2. The second-order valence-corrected chi connectivity index (χ2v) is 9.70. The third-order valence-corrected chi connectivity index (χ3v) is 5.71. The van der Waals surface area contributed by atoms with Crippen LogP contribution in [0.3, 0.4) is 0 Å². The summed E-state index contributed by atoms with van der Waals surface area (Å²) < 4.78 is 10.8. The van der Waals surface area contributed by atoms with Crippen molar-refractivity contribution in [1.82, 2.24) is 10.6 Å². The molecule has 0 saturated carbocycles. The molecule has 206 valence electrons. The Morgan fingerprint density at radius 3 is 2.46 bits per heavy atom. The topological polar surface area (TPSA) is 114 Å². The van der Waals surface area contributed by atoms with Crippen LogP contribution in [0.25, 0.3) is 0 Å². The largest absolute Gasteiger partial charge is 0.463 e. The first-order chi connectivity index (χ1) is 17.7. The molecule has 2 atom stereocenters. The van der Waals surface area contributed by atoms with Gasteiger partial charge in [0.25, 0.3) is 0 Å². The summed E-state index contributed by atoms with van der Waals surface area (Å²) in [5, 5.41) is 14.3. The number of hydrogen-bond acceptors (Lipinski definition) is 6. The number of benzene rings is 1. The molecular weight excluding hydrogens is 472 g/mol. The number of allylic oxidation sites excluding steroid dienone is 2. The molecule has 0 radical (unpaired) electrons. The summed E-state index contributed by atoms with van der Waals surface area (Å²) in [6.45, 7) is 11.7. The number of esters is 1. The highest BCUT2D eigenvalue weighted by Gasteiger charge is 2.29. The van der Waals surface area contributed by atoms with E-state index in [0.29, 0.717) is 25.8 Å². The van der Waals surface area contributed by atoms with Crippen LogP contribution in [0.4, 0.5) is 0 Å². The van der Waals surface area contributed by atoms with E-state index in [2.05, 4.69) is 23.8 Å². The van der Waals surface area contributed by atoms with Gasteiger partial charge >= 0.3 is 5.97 Å². The molecule has 0 fully saturated rings. The van der Waals surface area contributed by atoms with Crippen LogP contribution in [0.1, 0.15) is 51.5 Å². The number of amides is 2. The van der Waals surface area contributed by atoms with Crippen LogP contribution in [-0.2, 0) is 30.3 Å². The zero-order chi connectivity index (χ0) is 27.5. The van der Waals surface area contributed by atoms with E-state index in [1.807, 2.05) is 36.4 Å². The molecule has 3 N–H and O–H groups in total. The summed E-state index contributed by atoms with van der Waals surface area (Å²) in [6.07, 6.45) is 6.72. The molecule has 2 amide bonds. The van der Waals surface area contributed by atoms with Crippen molar-refractivity contribution in [2.75, 3.05) is 33.0 Å². The molecule has 0 aliphatic heterocycles. The van der Waals surface area contributed by atoms with Gasteiger partial charge in [0.15, 0.2) is 0 Å². The normalized spacial score (nSPS) is 12.7. The molecule has 0 heterocycles. The van der Waals surface area contributed by atoms with Crippen molar-refractivity contribution < 1.29 is 29.0 Å². The minimum absolute atomic E-state index is 0.00380. The second-order valence-electron chi connectivity index (χ2n) is 9.70. The van der Waals surface area contributed by atoms with E-state index in [-0.39, 0.29) is 56.5 Å². The lowest BCUT2D eigenvalue weighted by molar-refractivity contribution is -0.151. The monoisotopic (exact) mass is 516 g/mol. The Morgan fingerprint density at radius 1 is 1.08 bits per heavy atom. The average Bonchev–Trinajstić information content (AvgIpc) is 2.87. The van der Waals surface area contributed by atoms with Gasteiger partial charge in [-0.3, -0.25) is 14.4 Å². The van der Waals surface area contributed by atoms with E-state index in [1.54, 1.807) is 19.9 Å². The van der Waals surface area contributed by atoms with Crippen molar-refractivity contribution in [3.63, 3.8) is 0 Å². The summed E-state index contributed by atoms with van der Waals surface area (Å²) in [7, 11) is 0. The van der Waals surface area contributed by atoms with Crippen molar-refractivity contribution in [1.29, 1.82) is 0 Å². The maximum atomic E-state index is 13.0. The molecule has 0 spiro atoms. The first-order valence-electron chi connectivity index (χ1n) is 12.9. The predicted octanol–water partition coefficient (Wildman–Crippen LogP) is 3.35. The number of unbranched alkanes of at least 4 members (excludes halogenated alkanes) is 1. The van der Waals surface area contributed by atoms with Crippen LogP contribution >= 0.6 is 0 Å². The number of ether oxygens (including phenoxy) is 2. The van der Waals surface area contributed by atoms with Gasteiger partial charge in [-0.05, 0) is 51.5 Å². The molecule has 8 heteroatoms. The van der Waals surface area contributed by atoms with Crippen LogP contribution in [0, 0.1) is 11.8 Å². The zero-order valence-corrected chi connectivity index (χ0v) is 22.4. The van der Waals surface area contributed by atoms with Crippen LogP contribution in [-0.4, -0.2) is 61.4 Å². The summed E-state index contributed by atoms with van der Waals surface area (Å²) in [5.41, 5.74) is 0.250. The molecule has 0 aliphatic rings. The lowest BCUT2D eigenvalue weighted by Gasteiger charge is -2.29. The van der Waals surface area contributed by atoms with Gasteiger partial charge in [0.05, 0.1) is 37.2 Å². The maximum Gasteiger partial charge on any atom is 0.309 e. The number of nitrogens with one attached hydrogen (secondary N) is 2. The predicted molar refractivity (Wildman–Crippen MR) is 145 cm³/mol. The van der Waals surface area contributed by atoms with Gasteiger partial charge in [-0.1, -0.05) is 42.5 Å². The molecule has 0 bridgehead atoms. The zero-order valence-electron chi connectivity index (χ0n) is 22.4. The van der Waals surface area contributed by atoms with Gasteiger partial charge in [0.2, 0.25) is 11.8 Å². The van der Waals surface area contributed by atoms with Gasteiger partial charge in [0, 0.05) is 13.0 Å². The number of aliphatic hydroxyl groups excluding tert-OH is 1. The Morgan fingerprint density at radius 2 is 1.81 bits per heavy atom.